The molecular weight excluding hydrogens is 362 g/mol. The van der Waals surface area contributed by atoms with E-state index in [4.69, 9.17) is 13.9 Å². The van der Waals surface area contributed by atoms with Crippen LogP contribution in [0.1, 0.15) is 55.4 Å². The molecule has 0 saturated carbocycles. The third-order valence-electron chi connectivity index (χ3n) is 5.18. The fourth-order valence-corrected chi connectivity index (χ4v) is 3.49. The first-order valence-electron chi connectivity index (χ1n) is 9.63. The molecule has 1 aliphatic heterocycles. The summed E-state index contributed by atoms with van der Waals surface area (Å²) in [7, 11) is -1.83. The highest BCUT2D eigenvalue weighted by molar-refractivity contribution is 6.74. The lowest BCUT2D eigenvalue weighted by Gasteiger charge is -2.36. The van der Waals surface area contributed by atoms with Crippen LogP contribution in [0.25, 0.3) is 0 Å². The van der Waals surface area contributed by atoms with Crippen LogP contribution in [-0.4, -0.2) is 61.1 Å². The fourth-order valence-electron chi connectivity index (χ4n) is 2.55. The van der Waals surface area contributed by atoms with Crippen molar-refractivity contribution in [2.45, 2.75) is 97.0 Å². The van der Waals surface area contributed by atoms with E-state index in [9.17, 15) is 9.90 Å². The highest BCUT2D eigenvalue weighted by atomic mass is 28.4. The Labute approximate surface area is 166 Å². The molecule has 0 unspecified atom stereocenters. The van der Waals surface area contributed by atoms with Crippen LogP contribution in [0.15, 0.2) is 12.2 Å². The van der Waals surface area contributed by atoms with Gasteiger partial charge < -0.3 is 19.0 Å². The zero-order valence-electron chi connectivity index (χ0n) is 18.8. The Bertz CT molecular complexity index is 546. The Hall–Kier alpha value is -0.893. The van der Waals surface area contributed by atoms with Crippen molar-refractivity contribution in [1.82, 2.24) is 4.90 Å². The minimum atomic E-state index is -1.83. The number of carbonyl (C=O) groups excluding carboxylic acids is 1. The largest absolute Gasteiger partial charge is 0.444 e. The minimum Gasteiger partial charge on any atom is -0.444 e. The van der Waals surface area contributed by atoms with Crippen LogP contribution in [0.3, 0.4) is 0 Å². The number of aliphatic hydroxyl groups excluding tert-OH is 1. The van der Waals surface area contributed by atoms with Gasteiger partial charge >= 0.3 is 6.09 Å². The number of hydrogen-bond donors (Lipinski definition) is 1. The van der Waals surface area contributed by atoms with Crippen molar-refractivity contribution in [3.8, 4) is 0 Å². The maximum Gasteiger partial charge on any atom is 0.413 e. The van der Waals surface area contributed by atoms with E-state index in [1.165, 1.54) is 4.90 Å². The van der Waals surface area contributed by atoms with Crippen molar-refractivity contribution in [2.24, 2.45) is 0 Å². The topological polar surface area (TPSA) is 68.2 Å². The minimum absolute atomic E-state index is 0.135. The molecular formula is C20H39NO5Si. The monoisotopic (exact) mass is 401 g/mol. The number of carbonyl (C=O) groups is 1. The molecule has 0 spiro atoms. The summed E-state index contributed by atoms with van der Waals surface area (Å²) in [6, 6.07) is -0.501. The van der Waals surface area contributed by atoms with Crippen LogP contribution in [0.2, 0.25) is 18.1 Å². The lowest BCUT2D eigenvalue weighted by Crippen LogP contribution is -2.53. The van der Waals surface area contributed by atoms with Gasteiger partial charge in [-0.25, -0.2) is 4.79 Å². The van der Waals surface area contributed by atoms with E-state index in [0.717, 1.165) is 0 Å². The second-order valence-corrected chi connectivity index (χ2v) is 15.0. The smallest absolute Gasteiger partial charge is 0.413 e. The SMILES string of the molecule is CC(C)(C)OC(=O)N1[C@H]([C@H](O)/C=C\CO[Si](C)(C)C(C)(C)C)COC1(C)C. The molecule has 0 radical (unpaired) electrons. The number of ether oxygens (including phenoxy) is 2. The molecule has 0 aliphatic carbocycles. The molecule has 0 aromatic heterocycles. The van der Waals surface area contributed by atoms with Crippen molar-refractivity contribution in [3.63, 3.8) is 0 Å². The van der Waals surface area contributed by atoms with E-state index in [-0.39, 0.29) is 11.6 Å². The van der Waals surface area contributed by atoms with Crippen LogP contribution < -0.4 is 0 Å². The molecule has 1 N–H and O–H groups in total. The van der Waals surface area contributed by atoms with E-state index in [1.54, 1.807) is 19.9 Å². The standard InChI is InChI=1S/C20H39NO5Si/c1-18(2,3)26-17(23)21-15(14-24-20(21,7)8)16(22)12-11-13-25-27(9,10)19(4,5)6/h11-12,15-16,22H,13-14H2,1-10H3/b12-11-/t15-,16+/m0/s1. The number of hydrogen-bond acceptors (Lipinski definition) is 5. The van der Waals surface area contributed by atoms with Gasteiger partial charge in [0.15, 0.2) is 8.32 Å². The second-order valence-electron chi connectivity index (χ2n) is 10.2. The Morgan fingerprint density at radius 3 is 2.33 bits per heavy atom. The van der Waals surface area contributed by atoms with Gasteiger partial charge in [0.2, 0.25) is 0 Å². The molecule has 0 bridgehead atoms. The van der Waals surface area contributed by atoms with Crippen molar-refractivity contribution in [2.75, 3.05) is 13.2 Å². The Morgan fingerprint density at radius 2 is 1.85 bits per heavy atom. The number of aliphatic hydroxyl groups is 1. The Morgan fingerprint density at radius 1 is 1.30 bits per heavy atom. The van der Waals surface area contributed by atoms with Gasteiger partial charge in [-0.2, -0.15) is 0 Å². The zero-order valence-corrected chi connectivity index (χ0v) is 19.8. The van der Waals surface area contributed by atoms with Gasteiger partial charge in [0, 0.05) is 0 Å². The van der Waals surface area contributed by atoms with E-state index in [1.807, 2.05) is 26.8 Å². The van der Waals surface area contributed by atoms with Gasteiger partial charge in [0.05, 0.1) is 25.4 Å². The molecule has 7 heteroatoms. The summed E-state index contributed by atoms with van der Waals surface area (Å²) in [6.07, 6.45) is 2.16. The molecule has 0 aromatic carbocycles. The number of nitrogens with zero attached hydrogens (tertiary/aromatic N) is 1. The third kappa shape index (κ3) is 6.59. The zero-order chi connectivity index (χ0) is 21.3. The van der Waals surface area contributed by atoms with Crippen LogP contribution in [0.5, 0.6) is 0 Å². The molecule has 1 aliphatic rings. The predicted molar refractivity (Wildman–Crippen MR) is 110 cm³/mol. The maximum absolute atomic E-state index is 12.6. The molecule has 0 aromatic rings. The normalized spacial score (nSPS) is 22.3. The van der Waals surface area contributed by atoms with Gasteiger partial charge in [-0.1, -0.05) is 32.9 Å². The molecule has 6 nitrogen and oxygen atoms in total. The average Bonchev–Trinajstić information content (AvgIpc) is 2.76. The van der Waals surface area contributed by atoms with Gasteiger partial charge in [0.25, 0.3) is 0 Å². The van der Waals surface area contributed by atoms with E-state index < -0.39 is 37.9 Å². The molecule has 27 heavy (non-hydrogen) atoms. The summed E-state index contributed by atoms with van der Waals surface area (Å²) >= 11 is 0. The molecule has 1 amide bonds. The molecule has 2 atom stereocenters. The van der Waals surface area contributed by atoms with Crippen LogP contribution in [-0.2, 0) is 13.9 Å². The summed E-state index contributed by atoms with van der Waals surface area (Å²) in [5.74, 6) is 0. The summed E-state index contributed by atoms with van der Waals surface area (Å²) in [6.45, 7) is 20.7. The van der Waals surface area contributed by atoms with Crippen molar-refractivity contribution in [3.05, 3.63) is 12.2 Å². The van der Waals surface area contributed by atoms with Crippen molar-refractivity contribution < 1.29 is 23.8 Å². The van der Waals surface area contributed by atoms with Gasteiger partial charge in [-0.05, 0) is 52.8 Å². The van der Waals surface area contributed by atoms with Crippen LogP contribution >= 0.6 is 0 Å². The van der Waals surface area contributed by atoms with Crippen molar-refractivity contribution in [1.29, 1.82) is 0 Å². The third-order valence-corrected chi connectivity index (χ3v) is 9.68. The first-order valence-corrected chi connectivity index (χ1v) is 12.5. The highest BCUT2D eigenvalue weighted by Crippen LogP contribution is 2.36. The summed E-state index contributed by atoms with van der Waals surface area (Å²) in [5.41, 5.74) is -1.45. The van der Waals surface area contributed by atoms with E-state index in [0.29, 0.717) is 6.61 Å². The molecule has 1 heterocycles. The lowest BCUT2D eigenvalue weighted by molar-refractivity contribution is -0.0661. The molecule has 1 fully saturated rings. The Balaban J connectivity index is 2.77. The molecule has 158 valence electrons. The highest BCUT2D eigenvalue weighted by Gasteiger charge is 2.47. The van der Waals surface area contributed by atoms with Crippen LogP contribution in [0, 0.1) is 0 Å². The van der Waals surface area contributed by atoms with Gasteiger partial charge in [-0.15, -0.1) is 0 Å². The number of rotatable bonds is 5. The second kappa shape index (κ2) is 8.23. The predicted octanol–water partition coefficient (Wildman–Crippen LogP) is 4.30. The Kier molecular flexibility index (Phi) is 7.36. The first kappa shape index (κ1) is 24.1. The first-order chi connectivity index (χ1) is 12.0. The average molecular weight is 402 g/mol. The molecule has 1 saturated heterocycles. The lowest BCUT2D eigenvalue weighted by atomic mass is 10.1. The maximum atomic E-state index is 12.6. The van der Waals surface area contributed by atoms with E-state index >= 15 is 0 Å². The van der Waals surface area contributed by atoms with Gasteiger partial charge in [-0.3, -0.25) is 4.90 Å². The van der Waals surface area contributed by atoms with Crippen LogP contribution in [0.4, 0.5) is 4.79 Å². The van der Waals surface area contributed by atoms with E-state index in [2.05, 4.69) is 33.9 Å². The van der Waals surface area contributed by atoms with Crippen molar-refractivity contribution >= 4 is 14.4 Å². The molecule has 1 rings (SSSR count). The quantitative estimate of drug-likeness (QED) is 0.549. The summed E-state index contributed by atoms with van der Waals surface area (Å²) in [5, 5.41) is 10.8. The number of amides is 1. The summed E-state index contributed by atoms with van der Waals surface area (Å²) in [4.78, 5) is 14.1. The summed E-state index contributed by atoms with van der Waals surface area (Å²) < 4.78 is 17.3. The van der Waals surface area contributed by atoms with Gasteiger partial charge in [0.1, 0.15) is 11.3 Å². The fraction of sp³-hybridized carbons (Fsp3) is 0.850.